The van der Waals surface area contributed by atoms with E-state index < -0.39 is 5.97 Å². The molecule has 118 valence electrons. The van der Waals surface area contributed by atoms with Crippen LogP contribution >= 0.6 is 0 Å². The molecule has 0 heterocycles. The van der Waals surface area contributed by atoms with Crippen LogP contribution in [0.2, 0.25) is 0 Å². The van der Waals surface area contributed by atoms with Crippen molar-refractivity contribution < 1.29 is 13.9 Å². The van der Waals surface area contributed by atoms with Crippen molar-refractivity contribution in [3.8, 4) is 5.75 Å². The van der Waals surface area contributed by atoms with Gasteiger partial charge in [0.25, 0.3) is 0 Å². The van der Waals surface area contributed by atoms with E-state index in [1.807, 2.05) is 6.07 Å². The Kier molecular flexibility index (Phi) is 4.77. The van der Waals surface area contributed by atoms with Gasteiger partial charge in [0.05, 0.1) is 11.3 Å². The summed E-state index contributed by atoms with van der Waals surface area (Å²) in [5.41, 5.74) is 2.01. The molecule has 0 aromatic heterocycles. The first kappa shape index (κ1) is 15.6. The highest BCUT2D eigenvalue weighted by atomic mass is 19.1. The number of halogens is 1. The molecule has 3 rings (SSSR count). The number of nitrogens with zero attached hydrogens (tertiary/aromatic N) is 1. The van der Waals surface area contributed by atoms with Gasteiger partial charge < -0.3 is 4.74 Å². The molecular weight excluding hydrogens is 305 g/mol. The minimum absolute atomic E-state index is 0.293. The first-order chi connectivity index (χ1) is 11.7. The van der Waals surface area contributed by atoms with Crippen molar-refractivity contribution in [1.82, 2.24) is 0 Å². The van der Waals surface area contributed by atoms with E-state index in [1.54, 1.807) is 66.9 Å². The maximum Gasteiger partial charge on any atom is 0.343 e. The summed E-state index contributed by atoms with van der Waals surface area (Å²) in [7, 11) is 0. The van der Waals surface area contributed by atoms with Gasteiger partial charge in [0.15, 0.2) is 0 Å². The average molecular weight is 319 g/mol. The van der Waals surface area contributed by atoms with Gasteiger partial charge in [0.1, 0.15) is 11.6 Å². The lowest BCUT2D eigenvalue weighted by molar-refractivity contribution is 0.0735. The van der Waals surface area contributed by atoms with E-state index in [0.29, 0.717) is 17.0 Å². The van der Waals surface area contributed by atoms with Gasteiger partial charge in [-0.15, -0.1) is 0 Å². The monoisotopic (exact) mass is 319 g/mol. The second-order valence-corrected chi connectivity index (χ2v) is 5.06. The molecule has 0 fully saturated rings. The van der Waals surface area contributed by atoms with E-state index >= 15 is 0 Å². The highest BCUT2D eigenvalue weighted by molar-refractivity contribution is 5.91. The minimum atomic E-state index is -0.400. The number of carbonyl (C=O) groups excluding carboxylic acids is 1. The zero-order valence-electron chi connectivity index (χ0n) is 12.7. The molecule has 0 bridgehead atoms. The zero-order valence-corrected chi connectivity index (χ0v) is 12.7. The van der Waals surface area contributed by atoms with Crippen LogP contribution in [0, 0.1) is 5.82 Å². The predicted octanol–water partition coefficient (Wildman–Crippen LogP) is 4.80. The van der Waals surface area contributed by atoms with Crippen LogP contribution in [-0.2, 0) is 0 Å². The van der Waals surface area contributed by atoms with Gasteiger partial charge in [-0.2, -0.15) is 0 Å². The number of esters is 1. The molecule has 4 heteroatoms. The molecule has 3 aromatic carbocycles. The second-order valence-electron chi connectivity index (χ2n) is 5.06. The van der Waals surface area contributed by atoms with Gasteiger partial charge >= 0.3 is 5.97 Å². The third kappa shape index (κ3) is 4.14. The number of ether oxygens (including phenoxy) is 1. The highest BCUT2D eigenvalue weighted by Crippen LogP contribution is 2.15. The average Bonchev–Trinajstić information content (AvgIpc) is 2.63. The van der Waals surface area contributed by atoms with Crippen LogP contribution in [0.3, 0.4) is 0 Å². The van der Waals surface area contributed by atoms with Crippen LogP contribution in [0.15, 0.2) is 83.9 Å². The third-order valence-corrected chi connectivity index (χ3v) is 3.29. The molecule has 0 aliphatic heterocycles. The van der Waals surface area contributed by atoms with Crippen molar-refractivity contribution in [2.24, 2.45) is 4.99 Å². The van der Waals surface area contributed by atoms with Crippen molar-refractivity contribution in [3.05, 3.63) is 95.8 Å². The lowest BCUT2D eigenvalue weighted by Gasteiger charge is -2.04. The molecular formula is C20H14FNO2. The Morgan fingerprint density at radius 3 is 2.21 bits per heavy atom. The number of benzene rings is 3. The van der Waals surface area contributed by atoms with Crippen LogP contribution in [0.1, 0.15) is 15.9 Å². The van der Waals surface area contributed by atoms with Crippen molar-refractivity contribution >= 4 is 17.9 Å². The predicted molar refractivity (Wildman–Crippen MR) is 91.5 cm³/mol. The van der Waals surface area contributed by atoms with E-state index in [9.17, 15) is 9.18 Å². The molecule has 3 nitrogen and oxygen atoms in total. The number of carbonyl (C=O) groups is 1. The number of hydrogen-bond donors (Lipinski definition) is 0. The van der Waals surface area contributed by atoms with E-state index in [-0.39, 0.29) is 5.82 Å². The van der Waals surface area contributed by atoms with Gasteiger partial charge in [-0.3, -0.25) is 4.99 Å². The third-order valence-electron chi connectivity index (χ3n) is 3.29. The Hall–Kier alpha value is -3.27. The number of rotatable bonds is 4. The number of hydrogen-bond acceptors (Lipinski definition) is 3. The minimum Gasteiger partial charge on any atom is -0.423 e. The van der Waals surface area contributed by atoms with Crippen molar-refractivity contribution in [1.29, 1.82) is 0 Å². The smallest absolute Gasteiger partial charge is 0.343 e. The molecule has 0 saturated heterocycles. The van der Waals surface area contributed by atoms with E-state index in [2.05, 4.69) is 4.99 Å². The quantitative estimate of drug-likeness (QED) is 0.394. The van der Waals surface area contributed by atoms with Crippen LogP contribution in [-0.4, -0.2) is 12.2 Å². The topological polar surface area (TPSA) is 38.7 Å². The normalized spacial score (nSPS) is 10.7. The maximum atomic E-state index is 12.8. The lowest BCUT2D eigenvalue weighted by Crippen LogP contribution is -2.07. The fraction of sp³-hybridized carbons (Fsp3) is 0. The molecule has 0 saturated carbocycles. The molecule has 0 spiro atoms. The zero-order chi connectivity index (χ0) is 16.8. The molecule has 0 aliphatic rings. The molecule has 0 atom stereocenters. The summed E-state index contributed by atoms with van der Waals surface area (Å²) in [6.07, 6.45) is 1.66. The summed E-state index contributed by atoms with van der Waals surface area (Å²) in [4.78, 5) is 16.2. The molecule has 0 radical (unpaired) electrons. The van der Waals surface area contributed by atoms with Crippen molar-refractivity contribution in [3.63, 3.8) is 0 Å². The molecule has 3 aromatic rings. The summed E-state index contributed by atoms with van der Waals surface area (Å²) in [6.45, 7) is 0. The Labute approximate surface area is 139 Å². The fourth-order valence-corrected chi connectivity index (χ4v) is 2.04. The maximum absolute atomic E-state index is 12.8. The Morgan fingerprint density at radius 1 is 0.875 bits per heavy atom. The molecule has 0 aliphatic carbocycles. The lowest BCUT2D eigenvalue weighted by atomic mass is 10.2. The van der Waals surface area contributed by atoms with Crippen LogP contribution in [0.4, 0.5) is 10.1 Å². The summed E-state index contributed by atoms with van der Waals surface area (Å²) in [6, 6.07) is 21.7. The second kappa shape index (κ2) is 7.33. The Bertz CT molecular complexity index is 841. The fourth-order valence-electron chi connectivity index (χ4n) is 2.04. The van der Waals surface area contributed by atoms with Crippen LogP contribution in [0.25, 0.3) is 0 Å². The SMILES string of the molecule is O=C(Oc1ccc(C=Nc2ccc(F)cc2)cc1)c1ccccc1. The van der Waals surface area contributed by atoms with Gasteiger partial charge in [0, 0.05) is 6.21 Å². The van der Waals surface area contributed by atoms with Gasteiger partial charge in [-0.05, 0) is 66.2 Å². The first-order valence-electron chi connectivity index (χ1n) is 7.38. The molecule has 24 heavy (non-hydrogen) atoms. The highest BCUT2D eigenvalue weighted by Gasteiger charge is 2.07. The van der Waals surface area contributed by atoms with E-state index in [0.717, 1.165) is 5.56 Å². The van der Waals surface area contributed by atoms with Crippen molar-refractivity contribution in [2.75, 3.05) is 0 Å². The van der Waals surface area contributed by atoms with Crippen LogP contribution < -0.4 is 4.74 Å². The Morgan fingerprint density at radius 2 is 1.54 bits per heavy atom. The number of aliphatic imine (C=N–C) groups is 1. The van der Waals surface area contributed by atoms with Crippen LogP contribution in [0.5, 0.6) is 5.75 Å². The first-order valence-corrected chi connectivity index (χ1v) is 7.38. The summed E-state index contributed by atoms with van der Waals surface area (Å²) in [5.74, 6) is -0.232. The standard InChI is InChI=1S/C20H14FNO2/c21-17-8-10-18(11-9-17)22-14-15-6-12-19(13-7-15)24-20(23)16-4-2-1-3-5-16/h1-14H. The molecule has 0 amide bonds. The van der Waals surface area contributed by atoms with E-state index in [4.69, 9.17) is 4.74 Å². The summed E-state index contributed by atoms with van der Waals surface area (Å²) in [5, 5.41) is 0. The van der Waals surface area contributed by atoms with E-state index in [1.165, 1.54) is 12.1 Å². The van der Waals surface area contributed by atoms with Crippen molar-refractivity contribution in [2.45, 2.75) is 0 Å². The largest absolute Gasteiger partial charge is 0.423 e. The molecule has 0 N–H and O–H groups in total. The summed E-state index contributed by atoms with van der Waals surface area (Å²) < 4.78 is 18.1. The Balaban J connectivity index is 1.65. The summed E-state index contributed by atoms with van der Waals surface area (Å²) >= 11 is 0. The van der Waals surface area contributed by atoms with Gasteiger partial charge in [-0.25, -0.2) is 9.18 Å². The molecule has 0 unspecified atom stereocenters. The van der Waals surface area contributed by atoms with Gasteiger partial charge in [-0.1, -0.05) is 18.2 Å². The van der Waals surface area contributed by atoms with Gasteiger partial charge in [0.2, 0.25) is 0 Å².